The van der Waals surface area contributed by atoms with Crippen LogP contribution in [0.1, 0.15) is 26.7 Å². The minimum atomic E-state index is 0.0914. The lowest BCUT2D eigenvalue weighted by molar-refractivity contribution is -0.122. The molecule has 0 amide bonds. The van der Waals surface area contributed by atoms with Crippen LogP contribution in [0.5, 0.6) is 0 Å². The number of nitrogens with one attached hydrogen (secondary N) is 1. The summed E-state index contributed by atoms with van der Waals surface area (Å²) >= 11 is 0. The minimum absolute atomic E-state index is 0.0914. The van der Waals surface area contributed by atoms with E-state index >= 15 is 0 Å². The van der Waals surface area contributed by atoms with Gasteiger partial charge in [0.2, 0.25) is 0 Å². The first-order valence-electron chi connectivity index (χ1n) is 3.49. The van der Waals surface area contributed by atoms with E-state index in [0.29, 0.717) is 11.8 Å². The molecule has 0 aromatic heterocycles. The fraction of sp³-hybridized carbons (Fsp3) is 0.857. The summed E-state index contributed by atoms with van der Waals surface area (Å²) in [5.74, 6) is 0.355. The highest BCUT2D eigenvalue weighted by Crippen LogP contribution is 2.07. The summed E-state index contributed by atoms with van der Waals surface area (Å²) in [7, 11) is 0. The molecule has 0 aromatic carbocycles. The van der Waals surface area contributed by atoms with Crippen molar-refractivity contribution in [1.29, 1.82) is 0 Å². The Kier molecular flexibility index (Phi) is 1.86. The van der Waals surface area contributed by atoms with Gasteiger partial charge in [-0.05, 0) is 20.3 Å². The van der Waals surface area contributed by atoms with E-state index in [0.717, 1.165) is 12.8 Å². The lowest BCUT2D eigenvalue weighted by Crippen LogP contribution is -2.44. The lowest BCUT2D eigenvalue weighted by atomic mass is 10.00. The Morgan fingerprint density at radius 3 is 2.67 bits per heavy atom. The number of carbonyl (C=O) groups excluding carboxylic acids is 1. The molecule has 1 fully saturated rings. The van der Waals surface area contributed by atoms with Crippen molar-refractivity contribution in [3.63, 3.8) is 0 Å². The van der Waals surface area contributed by atoms with Crippen LogP contribution in [-0.2, 0) is 4.79 Å². The van der Waals surface area contributed by atoms with Crippen LogP contribution >= 0.6 is 0 Å². The van der Waals surface area contributed by atoms with Crippen molar-refractivity contribution in [1.82, 2.24) is 5.32 Å². The Hall–Kier alpha value is -0.370. The maximum absolute atomic E-state index is 10.9. The average Bonchev–Trinajstić information content (AvgIpc) is 1.80. The molecule has 0 aromatic rings. The van der Waals surface area contributed by atoms with Crippen LogP contribution in [0.25, 0.3) is 0 Å². The maximum Gasteiger partial charge on any atom is 0.149 e. The van der Waals surface area contributed by atoms with E-state index in [1.807, 2.05) is 6.92 Å². The molecule has 2 unspecified atom stereocenters. The van der Waals surface area contributed by atoms with Gasteiger partial charge < -0.3 is 5.32 Å². The van der Waals surface area contributed by atoms with Crippen molar-refractivity contribution >= 4 is 5.78 Å². The Morgan fingerprint density at radius 2 is 2.22 bits per heavy atom. The van der Waals surface area contributed by atoms with Gasteiger partial charge in [0.15, 0.2) is 0 Å². The van der Waals surface area contributed by atoms with E-state index in [2.05, 4.69) is 12.2 Å². The molecule has 9 heavy (non-hydrogen) atoms. The second-order valence-electron chi connectivity index (χ2n) is 2.79. The number of Topliss-reactive ketones (excluding diaryl/α,β-unsaturated/α-hetero) is 1. The molecule has 1 rings (SSSR count). The van der Waals surface area contributed by atoms with Crippen molar-refractivity contribution in [3.8, 4) is 0 Å². The SMILES string of the molecule is CC1CCC(=O)C(C)N1. The maximum atomic E-state index is 10.9. The number of rotatable bonds is 0. The third-order valence-electron chi connectivity index (χ3n) is 1.84. The average molecular weight is 127 g/mol. The van der Waals surface area contributed by atoms with Gasteiger partial charge in [0.25, 0.3) is 0 Å². The molecule has 2 heteroatoms. The van der Waals surface area contributed by atoms with Crippen LogP contribution in [0.15, 0.2) is 0 Å². The van der Waals surface area contributed by atoms with Gasteiger partial charge in [-0.15, -0.1) is 0 Å². The van der Waals surface area contributed by atoms with E-state index in [1.165, 1.54) is 0 Å². The van der Waals surface area contributed by atoms with Crippen LogP contribution in [-0.4, -0.2) is 17.9 Å². The summed E-state index contributed by atoms with van der Waals surface area (Å²) in [6.45, 7) is 4.04. The number of piperidine rings is 1. The largest absolute Gasteiger partial charge is 0.305 e. The zero-order valence-electron chi connectivity index (χ0n) is 5.98. The molecule has 1 aliphatic heterocycles. The van der Waals surface area contributed by atoms with Crippen molar-refractivity contribution in [2.45, 2.75) is 38.8 Å². The zero-order chi connectivity index (χ0) is 6.85. The molecule has 2 atom stereocenters. The Bertz CT molecular complexity index is 122. The topological polar surface area (TPSA) is 29.1 Å². The molecular formula is C7H13NO. The van der Waals surface area contributed by atoms with Crippen molar-refractivity contribution in [2.75, 3.05) is 0 Å². The van der Waals surface area contributed by atoms with E-state index in [1.54, 1.807) is 0 Å². The quantitative estimate of drug-likeness (QED) is 0.519. The standard InChI is InChI=1S/C7H13NO/c1-5-3-4-7(9)6(2)8-5/h5-6,8H,3-4H2,1-2H3. The summed E-state index contributed by atoms with van der Waals surface area (Å²) in [6.07, 6.45) is 1.76. The highest BCUT2D eigenvalue weighted by molar-refractivity contribution is 5.84. The molecule has 0 spiro atoms. The van der Waals surface area contributed by atoms with Gasteiger partial charge in [0, 0.05) is 12.5 Å². The minimum Gasteiger partial charge on any atom is -0.305 e. The Balaban J connectivity index is 2.44. The monoisotopic (exact) mass is 127 g/mol. The van der Waals surface area contributed by atoms with E-state index in [-0.39, 0.29) is 6.04 Å². The highest BCUT2D eigenvalue weighted by atomic mass is 16.1. The number of ketones is 1. The lowest BCUT2D eigenvalue weighted by Gasteiger charge is -2.24. The van der Waals surface area contributed by atoms with Gasteiger partial charge in [0.1, 0.15) is 5.78 Å². The fourth-order valence-electron chi connectivity index (χ4n) is 1.18. The molecule has 2 nitrogen and oxygen atoms in total. The summed E-state index contributed by atoms with van der Waals surface area (Å²) in [6, 6.07) is 0.617. The Morgan fingerprint density at radius 1 is 1.56 bits per heavy atom. The molecular weight excluding hydrogens is 114 g/mol. The van der Waals surface area contributed by atoms with Gasteiger partial charge in [-0.25, -0.2) is 0 Å². The normalized spacial score (nSPS) is 36.9. The first-order chi connectivity index (χ1) is 4.20. The molecule has 1 saturated heterocycles. The van der Waals surface area contributed by atoms with Gasteiger partial charge in [0.05, 0.1) is 6.04 Å². The second kappa shape index (κ2) is 2.48. The Labute approximate surface area is 55.6 Å². The summed E-state index contributed by atoms with van der Waals surface area (Å²) in [4.78, 5) is 10.9. The fourth-order valence-corrected chi connectivity index (χ4v) is 1.18. The van der Waals surface area contributed by atoms with Crippen molar-refractivity contribution < 1.29 is 4.79 Å². The van der Waals surface area contributed by atoms with E-state index < -0.39 is 0 Å². The highest BCUT2D eigenvalue weighted by Gasteiger charge is 2.20. The van der Waals surface area contributed by atoms with Gasteiger partial charge in [-0.3, -0.25) is 4.79 Å². The van der Waals surface area contributed by atoms with Crippen LogP contribution < -0.4 is 5.32 Å². The third kappa shape index (κ3) is 1.52. The number of hydrogen-bond acceptors (Lipinski definition) is 2. The molecule has 1 aliphatic rings. The molecule has 0 bridgehead atoms. The number of carbonyl (C=O) groups is 1. The van der Waals surface area contributed by atoms with E-state index in [9.17, 15) is 4.79 Å². The van der Waals surface area contributed by atoms with E-state index in [4.69, 9.17) is 0 Å². The van der Waals surface area contributed by atoms with Crippen molar-refractivity contribution in [3.05, 3.63) is 0 Å². The second-order valence-corrected chi connectivity index (χ2v) is 2.79. The van der Waals surface area contributed by atoms with Gasteiger partial charge >= 0.3 is 0 Å². The van der Waals surface area contributed by atoms with Crippen LogP contribution in [0, 0.1) is 0 Å². The zero-order valence-corrected chi connectivity index (χ0v) is 5.98. The first-order valence-corrected chi connectivity index (χ1v) is 3.49. The molecule has 0 aliphatic carbocycles. The van der Waals surface area contributed by atoms with Gasteiger partial charge in [-0.2, -0.15) is 0 Å². The molecule has 0 radical (unpaired) electrons. The molecule has 52 valence electrons. The van der Waals surface area contributed by atoms with Gasteiger partial charge in [-0.1, -0.05) is 0 Å². The molecule has 1 heterocycles. The van der Waals surface area contributed by atoms with Crippen molar-refractivity contribution in [2.24, 2.45) is 0 Å². The predicted octanol–water partition coefficient (Wildman–Crippen LogP) is 0.716. The third-order valence-corrected chi connectivity index (χ3v) is 1.84. The summed E-state index contributed by atoms with van der Waals surface area (Å²) in [5.41, 5.74) is 0. The summed E-state index contributed by atoms with van der Waals surface area (Å²) < 4.78 is 0. The first kappa shape index (κ1) is 6.75. The molecule has 0 saturated carbocycles. The molecule has 1 N–H and O–H groups in total. The van der Waals surface area contributed by atoms with Crippen LogP contribution in [0.4, 0.5) is 0 Å². The smallest absolute Gasteiger partial charge is 0.149 e. The number of hydrogen-bond donors (Lipinski definition) is 1. The van der Waals surface area contributed by atoms with Crippen LogP contribution in [0.2, 0.25) is 0 Å². The summed E-state index contributed by atoms with van der Waals surface area (Å²) in [5, 5.41) is 3.18. The predicted molar refractivity (Wildman–Crippen MR) is 36.3 cm³/mol. The van der Waals surface area contributed by atoms with Crippen LogP contribution in [0.3, 0.4) is 0 Å².